The van der Waals surface area contributed by atoms with Gasteiger partial charge in [0.2, 0.25) is 5.91 Å². The van der Waals surface area contributed by atoms with Crippen LogP contribution in [0.3, 0.4) is 0 Å². The number of thiazole rings is 1. The van der Waals surface area contributed by atoms with E-state index in [1.165, 1.54) is 11.3 Å². The number of hydrogen-bond acceptors (Lipinski definition) is 5. The van der Waals surface area contributed by atoms with Gasteiger partial charge in [0.15, 0.2) is 0 Å². The molecule has 0 aromatic carbocycles. The van der Waals surface area contributed by atoms with Crippen LogP contribution in [0.1, 0.15) is 25.0 Å². The normalized spacial score (nSPS) is 27.2. The third-order valence-corrected chi connectivity index (χ3v) is 5.97. The molecule has 1 saturated carbocycles. The molecular weight excluding hydrogens is 312 g/mol. The molecule has 3 heterocycles. The molecule has 1 saturated heterocycles. The quantitative estimate of drug-likeness (QED) is 0.938. The number of carbonyl (C=O) groups is 1. The van der Waals surface area contributed by atoms with E-state index in [-0.39, 0.29) is 12.0 Å². The third-order valence-electron chi connectivity index (χ3n) is 5.03. The van der Waals surface area contributed by atoms with Crippen LogP contribution in [0.2, 0.25) is 0 Å². The fraction of sp³-hybridized carbons (Fsp3) is 0.529. The first kappa shape index (κ1) is 14.9. The fourth-order valence-corrected chi connectivity index (χ4v) is 4.59. The summed E-state index contributed by atoms with van der Waals surface area (Å²) in [6.07, 6.45) is 6.23. The fourth-order valence-electron chi connectivity index (χ4n) is 3.78. The van der Waals surface area contributed by atoms with Crippen LogP contribution in [0.5, 0.6) is 0 Å². The molecule has 3 atom stereocenters. The number of fused-ring (bicyclic) bond motifs is 1. The van der Waals surface area contributed by atoms with E-state index in [2.05, 4.69) is 4.98 Å². The summed E-state index contributed by atoms with van der Waals surface area (Å²) in [5, 5.41) is 12.6. The zero-order chi connectivity index (χ0) is 15.8. The maximum atomic E-state index is 12.5. The molecule has 1 amide bonds. The van der Waals surface area contributed by atoms with Gasteiger partial charge in [0, 0.05) is 24.0 Å². The largest absolute Gasteiger partial charge is 0.472 e. The summed E-state index contributed by atoms with van der Waals surface area (Å²) in [5.41, 5.74) is 1.78. The number of hydrogen-bond donors (Lipinski definition) is 1. The molecule has 4 rings (SSSR count). The Labute approximate surface area is 138 Å². The van der Waals surface area contributed by atoms with Crippen molar-refractivity contribution in [3.8, 4) is 10.6 Å². The number of aromatic nitrogens is 1. The van der Waals surface area contributed by atoms with Crippen molar-refractivity contribution in [3.63, 3.8) is 0 Å². The molecule has 2 fully saturated rings. The lowest BCUT2D eigenvalue weighted by molar-refractivity contribution is -0.129. The van der Waals surface area contributed by atoms with Gasteiger partial charge < -0.3 is 14.4 Å². The van der Waals surface area contributed by atoms with Gasteiger partial charge in [-0.05, 0) is 37.2 Å². The molecule has 122 valence electrons. The predicted octanol–water partition coefficient (Wildman–Crippen LogP) is 2.57. The Hall–Kier alpha value is -1.66. The van der Waals surface area contributed by atoms with Gasteiger partial charge in [0.05, 0.1) is 24.5 Å². The van der Waals surface area contributed by atoms with E-state index >= 15 is 0 Å². The first-order chi connectivity index (χ1) is 11.2. The van der Waals surface area contributed by atoms with Crippen molar-refractivity contribution in [3.05, 3.63) is 29.7 Å². The summed E-state index contributed by atoms with van der Waals surface area (Å²) in [7, 11) is 0. The second-order valence-electron chi connectivity index (χ2n) is 6.62. The van der Waals surface area contributed by atoms with Crippen LogP contribution in [0, 0.1) is 11.8 Å². The van der Waals surface area contributed by atoms with Gasteiger partial charge in [-0.3, -0.25) is 4.79 Å². The van der Waals surface area contributed by atoms with Gasteiger partial charge in [-0.2, -0.15) is 0 Å². The van der Waals surface area contributed by atoms with Gasteiger partial charge in [0.25, 0.3) is 0 Å². The standard InChI is InChI=1S/C17H20N2O3S/c20-15-2-1-11-7-19(8-13(11)5-15)16(21)6-14-10-23-17(18-14)12-3-4-22-9-12/h3-4,9-11,13,15,20H,1-2,5-8H2. The maximum Gasteiger partial charge on any atom is 0.228 e. The van der Waals surface area contributed by atoms with Crippen molar-refractivity contribution < 1.29 is 14.3 Å². The summed E-state index contributed by atoms with van der Waals surface area (Å²) in [4.78, 5) is 19.0. The van der Waals surface area contributed by atoms with Crippen LogP contribution in [0.4, 0.5) is 0 Å². The van der Waals surface area contributed by atoms with Crippen molar-refractivity contribution in [1.82, 2.24) is 9.88 Å². The molecule has 2 aromatic heterocycles. The monoisotopic (exact) mass is 332 g/mol. The lowest BCUT2D eigenvalue weighted by Gasteiger charge is -2.27. The average Bonchev–Trinajstić information content (AvgIpc) is 3.26. The molecule has 0 radical (unpaired) electrons. The number of likely N-dealkylation sites (tertiary alicyclic amines) is 1. The van der Waals surface area contributed by atoms with Crippen LogP contribution in [-0.4, -0.2) is 40.1 Å². The van der Waals surface area contributed by atoms with Gasteiger partial charge in [0.1, 0.15) is 11.3 Å². The number of furan rings is 1. The van der Waals surface area contributed by atoms with Crippen molar-refractivity contribution in [2.24, 2.45) is 11.8 Å². The van der Waals surface area contributed by atoms with Crippen LogP contribution in [0.15, 0.2) is 28.4 Å². The van der Waals surface area contributed by atoms with Crippen molar-refractivity contribution >= 4 is 17.2 Å². The van der Waals surface area contributed by atoms with Crippen LogP contribution in [-0.2, 0) is 11.2 Å². The van der Waals surface area contributed by atoms with E-state index in [0.717, 1.165) is 48.6 Å². The number of carbonyl (C=O) groups excluding carboxylic acids is 1. The third kappa shape index (κ3) is 3.05. The molecule has 1 N–H and O–H groups in total. The zero-order valence-corrected chi connectivity index (χ0v) is 13.7. The highest BCUT2D eigenvalue weighted by molar-refractivity contribution is 7.13. The number of rotatable bonds is 3. The molecular formula is C17H20N2O3S. The highest BCUT2D eigenvalue weighted by Gasteiger charge is 2.38. The van der Waals surface area contributed by atoms with E-state index in [1.807, 2.05) is 16.3 Å². The lowest BCUT2D eigenvalue weighted by Crippen LogP contribution is -2.30. The highest BCUT2D eigenvalue weighted by Crippen LogP contribution is 2.36. The van der Waals surface area contributed by atoms with Gasteiger partial charge in [-0.25, -0.2) is 4.98 Å². The molecule has 2 aliphatic rings. The molecule has 23 heavy (non-hydrogen) atoms. The van der Waals surface area contributed by atoms with Crippen LogP contribution in [0.25, 0.3) is 10.6 Å². The number of aliphatic hydroxyl groups is 1. The zero-order valence-electron chi connectivity index (χ0n) is 12.9. The SMILES string of the molecule is O=C(Cc1csc(-c2ccoc2)n1)N1CC2CCC(O)CC2C1. The number of nitrogens with zero attached hydrogens (tertiary/aromatic N) is 2. The van der Waals surface area contributed by atoms with Crippen LogP contribution >= 0.6 is 11.3 Å². The molecule has 3 unspecified atom stereocenters. The highest BCUT2D eigenvalue weighted by atomic mass is 32.1. The molecule has 1 aliphatic heterocycles. The van der Waals surface area contributed by atoms with E-state index in [4.69, 9.17) is 4.42 Å². The number of aliphatic hydroxyl groups excluding tert-OH is 1. The van der Waals surface area contributed by atoms with Crippen molar-refractivity contribution in [2.45, 2.75) is 31.8 Å². The summed E-state index contributed by atoms with van der Waals surface area (Å²) >= 11 is 1.54. The van der Waals surface area contributed by atoms with Crippen LogP contribution < -0.4 is 0 Å². The summed E-state index contributed by atoms with van der Waals surface area (Å²) in [5.74, 6) is 1.19. The molecule has 6 heteroatoms. The Balaban J connectivity index is 1.39. The predicted molar refractivity (Wildman–Crippen MR) is 86.9 cm³/mol. The van der Waals surface area contributed by atoms with E-state index < -0.39 is 0 Å². The maximum absolute atomic E-state index is 12.5. The smallest absolute Gasteiger partial charge is 0.228 e. The van der Waals surface area contributed by atoms with Crippen molar-refractivity contribution in [2.75, 3.05) is 13.1 Å². The van der Waals surface area contributed by atoms with E-state index in [9.17, 15) is 9.90 Å². The summed E-state index contributed by atoms with van der Waals surface area (Å²) in [6, 6.07) is 1.88. The average molecular weight is 332 g/mol. The topological polar surface area (TPSA) is 66.6 Å². The minimum absolute atomic E-state index is 0.151. The first-order valence-corrected chi connectivity index (χ1v) is 9.00. The molecule has 5 nitrogen and oxygen atoms in total. The molecule has 0 spiro atoms. The number of amides is 1. The van der Waals surface area contributed by atoms with Gasteiger partial charge in [-0.15, -0.1) is 11.3 Å². The Morgan fingerprint density at radius 2 is 2.26 bits per heavy atom. The van der Waals surface area contributed by atoms with E-state index in [1.54, 1.807) is 12.5 Å². The molecule has 2 aromatic rings. The second kappa shape index (κ2) is 6.09. The van der Waals surface area contributed by atoms with Gasteiger partial charge >= 0.3 is 0 Å². The Bertz CT molecular complexity index is 682. The Morgan fingerprint density at radius 3 is 3.09 bits per heavy atom. The van der Waals surface area contributed by atoms with Gasteiger partial charge in [-0.1, -0.05) is 0 Å². The minimum atomic E-state index is -0.178. The minimum Gasteiger partial charge on any atom is -0.472 e. The lowest BCUT2D eigenvalue weighted by atomic mass is 9.80. The molecule has 1 aliphatic carbocycles. The molecule has 0 bridgehead atoms. The van der Waals surface area contributed by atoms with E-state index in [0.29, 0.717) is 18.3 Å². The van der Waals surface area contributed by atoms with Crippen molar-refractivity contribution in [1.29, 1.82) is 0 Å². The second-order valence-corrected chi connectivity index (χ2v) is 7.48. The summed E-state index contributed by atoms with van der Waals surface area (Å²) in [6.45, 7) is 1.63. The summed E-state index contributed by atoms with van der Waals surface area (Å²) < 4.78 is 5.07. The Kier molecular flexibility index (Phi) is 3.95. The Morgan fingerprint density at radius 1 is 1.39 bits per heavy atom. The first-order valence-electron chi connectivity index (χ1n) is 8.12.